The first-order valence-corrected chi connectivity index (χ1v) is 7.52. The van der Waals surface area contributed by atoms with Crippen molar-refractivity contribution in [3.8, 4) is 11.5 Å². The molecule has 4 nitrogen and oxygen atoms in total. The standard InChI is InChI=1S/C18H19NO3/c1-2-13-4-3-5-15(10-13)19-18(20)12-14-6-7-16-17(11-14)22-9-8-21-16/h3-7,10-11H,2,8-9,12H2,1H3,(H,19,20). The van der Waals surface area contributed by atoms with E-state index in [0.717, 1.165) is 23.4 Å². The Morgan fingerprint density at radius 3 is 2.68 bits per heavy atom. The SMILES string of the molecule is CCc1cccc(NC(=O)Cc2ccc3c(c2)OCCO3)c1. The Morgan fingerprint density at radius 2 is 1.86 bits per heavy atom. The second kappa shape index (κ2) is 6.52. The molecular weight excluding hydrogens is 278 g/mol. The number of amides is 1. The molecule has 0 aliphatic carbocycles. The number of hydrogen-bond acceptors (Lipinski definition) is 3. The number of benzene rings is 2. The largest absolute Gasteiger partial charge is 0.486 e. The smallest absolute Gasteiger partial charge is 0.228 e. The molecule has 22 heavy (non-hydrogen) atoms. The van der Waals surface area contributed by atoms with Crippen molar-refractivity contribution in [3.05, 3.63) is 53.6 Å². The maximum absolute atomic E-state index is 12.2. The molecule has 3 rings (SSSR count). The van der Waals surface area contributed by atoms with Crippen LogP contribution in [0.2, 0.25) is 0 Å². The molecule has 0 radical (unpaired) electrons. The number of hydrogen-bond donors (Lipinski definition) is 1. The van der Waals surface area contributed by atoms with E-state index in [1.807, 2.05) is 36.4 Å². The lowest BCUT2D eigenvalue weighted by molar-refractivity contribution is -0.115. The van der Waals surface area contributed by atoms with Crippen molar-refractivity contribution < 1.29 is 14.3 Å². The summed E-state index contributed by atoms with van der Waals surface area (Å²) in [7, 11) is 0. The molecule has 2 aromatic rings. The van der Waals surface area contributed by atoms with Crippen LogP contribution in [0.1, 0.15) is 18.1 Å². The van der Waals surface area contributed by atoms with Gasteiger partial charge in [0, 0.05) is 5.69 Å². The van der Waals surface area contributed by atoms with Gasteiger partial charge in [-0.3, -0.25) is 4.79 Å². The Hall–Kier alpha value is -2.49. The number of aryl methyl sites for hydroxylation is 1. The molecule has 114 valence electrons. The predicted octanol–water partition coefficient (Wildman–Crippen LogP) is 3.20. The van der Waals surface area contributed by atoms with Gasteiger partial charge in [0.25, 0.3) is 0 Å². The lowest BCUT2D eigenvalue weighted by atomic mass is 10.1. The monoisotopic (exact) mass is 297 g/mol. The highest BCUT2D eigenvalue weighted by atomic mass is 16.6. The van der Waals surface area contributed by atoms with Gasteiger partial charge in [0.1, 0.15) is 13.2 Å². The molecule has 0 bridgehead atoms. The summed E-state index contributed by atoms with van der Waals surface area (Å²) in [6.45, 7) is 3.21. The van der Waals surface area contributed by atoms with Crippen LogP contribution in [0.5, 0.6) is 11.5 Å². The number of rotatable bonds is 4. The van der Waals surface area contributed by atoms with E-state index in [1.165, 1.54) is 5.56 Å². The van der Waals surface area contributed by atoms with Crippen molar-refractivity contribution in [2.75, 3.05) is 18.5 Å². The second-order valence-electron chi connectivity index (χ2n) is 5.26. The average molecular weight is 297 g/mol. The normalized spacial score (nSPS) is 12.8. The van der Waals surface area contributed by atoms with Gasteiger partial charge in [-0.25, -0.2) is 0 Å². The van der Waals surface area contributed by atoms with E-state index >= 15 is 0 Å². The molecule has 1 amide bonds. The number of nitrogens with one attached hydrogen (secondary N) is 1. The van der Waals surface area contributed by atoms with Crippen LogP contribution in [0.15, 0.2) is 42.5 Å². The fourth-order valence-electron chi connectivity index (χ4n) is 2.46. The van der Waals surface area contributed by atoms with Crippen molar-refractivity contribution in [1.29, 1.82) is 0 Å². The summed E-state index contributed by atoms with van der Waals surface area (Å²) in [4.78, 5) is 12.2. The fraction of sp³-hybridized carbons (Fsp3) is 0.278. The first-order valence-electron chi connectivity index (χ1n) is 7.52. The molecule has 0 atom stereocenters. The van der Waals surface area contributed by atoms with E-state index in [2.05, 4.69) is 18.3 Å². The van der Waals surface area contributed by atoms with Gasteiger partial charge >= 0.3 is 0 Å². The fourth-order valence-corrected chi connectivity index (χ4v) is 2.46. The van der Waals surface area contributed by atoms with Crippen LogP contribution in [0.3, 0.4) is 0 Å². The van der Waals surface area contributed by atoms with Gasteiger partial charge in [-0.2, -0.15) is 0 Å². The zero-order valence-corrected chi connectivity index (χ0v) is 12.6. The van der Waals surface area contributed by atoms with Crippen molar-refractivity contribution >= 4 is 11.6 Å². The van der Waals surface area contributed by atoms with Crippen molar-refractivity contribution in [2.45, 2.75) is 19.8 Å². The zero-order valence-electron chi connectivity index (χ0n) is 12.6. The highest BCUT2D eigenvalue weighted by Gasteiger charge is 2.13. The lowest BCUT2D eigenvalue weighted by Crippen LogP contribution is -2.17. The summed E-state index contributed by atoms with van der Waals surface area (Å²) in [6, 6.07) is 13.5. The van der Waals surface area contributed by atoms with Crippen LogP contribution < -0.4 is 14.8 Å². The Balaban J connectivity index is 1.66. The van der Waals surface area contributed by atoms with Crippen LogP contribution in [0.4, 0.5) is 5.69 Å². The summed E-state index contributed by atoms with van der Waals surface area (Å²) in [5.74, 6) is 1.42. The van der Waals surface area contributed by atoms with E-state index in [1.54, 1.807) is 0 Å². The molecule has 0 fully saturated rings. The third-order valence-corrected chi connectivity index (χ3v) is 3.59. The molecule has 0 saturated heterocycles. The first kappa shape index (κ1) is 14.4. The van der Waals surface area contributed by atoms with Gasteiger partial charge in [0.15, 0.2) is 11.5 Å². The number of carbonyl (C=O) groups is 1. The molecule has 1 heterocycles. The summed E-state index contributed by atoms with van der Waals surface area (Å²) < 4.78 is 11.0. The number of anilines is 1. The third kappa shape index (κ3) is 3.39. The van der Waals surface area contributed by atoms with Gasteiger partial charge in [-0.1, -0.05) is 25.1 Å². The molecule has 4 heteroatoms. The minimum Gasteiger partial charge on any atom is -0.486 e. The number of fused-ring (bicyclic) bond motifs is 1. The van der Waals surface area contributed by atoms with E-state index in [0.29, 0.717) is 25.4 Å². The maximum Gasteiger partial charge on any atom is 0.228 e. The molecular formula is C18H19NO3. The highest BCUT2D eigenvalue weighted by molar-refractivity contribution is 5.92. The minimum absolute atomic E-state index is 0.0371. The van der Waals surface area contributed by atoms with Crippen LogP contribution >= 0.6 is 0 Å². The van der Waals surface area contributed by atoms with Gasteiger partial charge in [-0.05, 0) is 41.8 Å². The van der Waals surface area contributed by atoms with Crippen molar-refractivity contribution in [3.63, 3.8) is 0 Å². The van der Waals surface area contributed by atoms with Crippen LogP contribution in [0.25, 0.3) is 0 Å². The Bertz CT molecular complexity index is 682. The summed E-state index contributed by atoms with van der Waals surface area (Å²) >= 11 is 0. The van der Waals surface area contributed by atoms with Crippen molar-refractivity contribution in [2.24, 2.45) is 0 Å². The van der Waals surface area contributed by atoms with E-state index in [-0.39, 0.29) is 5.91 Å². The quantitative estimate of drug-likeness (QED) is 0.942. The summed E-state index contributed by atoms with van der Waals surface area (Å²) in [5.41, 5.74) is 2.95. The third-order valence-electron chi connectivity index (χ3n) is 3.59. The topological polar surface area (TPSA) is 47.6 Å². The second-order valence-corrected chi connectivity index (χ2v) is 5.26. The maximum atomic E-state index is 12.2. The Morgan fingerprint density at radius 1 is 1.05 bits per heavy atom. The number of carbonyl (C=O) groups excluding carboxylic acids is 1. The van der Waals surface area contributed by atoms with E-state index < -0.39 is 0 Å². The molecule has 0 unspecified atom stereocenters. The Kier molecular flexibility index (Phi) is 4.28. The van der Waals surface area contributed by atoms with Gasteiger partial charge in [0.2, 0.25) is 5.91 Å². The average Bonchev–Trinajstić information content (AvgIpc) is 2.55. The van der Waals surface area contributed by atoms with Gasteiger partial charge < -0.3 is 14.8 Å². The summed E-state index contributed by atoms with van der Waals surface area (Å²) in [6.07, 6.45) is 1.26. The van der Waals surface area contributed by atoms with Crippen LogP contribution in [0, 0.1) is 0 Å². The van der Waals surface area contributed by atoms with Gasteiger partial charge in [-0.15, -0.1) is 0 Å². The van der Waals surface area contributed by atoms with E-state index in [4.69, 9.17) is 9.47 Å². The van der Waals surface area contributed by atoms with Crippen molar-refractivity contribution in [1.82, 2.24) is 0 Å². The van der Waals surface area contributed by atoms with Crippen LogP contribution in [-0.4, -0.2) is 19.1 Å². The summed E-state index contributed by atoms with van der Waals surface area (Å²) in [5, 5.41) is 2.93. The molecule has 0 spiro atoms. The molecule has 1 N–H and O–H groups in total. The molecule has 0 aromatic heterocycles. The Labute approximate surface area is 130 Å². The molecule has 1 aliphatic heterocycles. The highest BCUT2D eigenvalue weighted by Crippen LogP contribution is 2.30. The molecule has 0 saturated carbocycles. The van der Waals surface area contributed by atoms with Crippen LogP contribution in [-0.2, 0) is 17.6 Å². The predicted molar refractivity (Wildman–Crippen MR) is 85.6 cm³/mol. The number of ether oxygens (including phenoxy) is 2. The lowest BCUT2D eigenvalue weighted by Gasteiger charge is -2.18. The van der Waals surface area contributed by atoms with Gasteiger partial charge in [0.05, 0.1) is 6.42 Å². The minimum atomic E-state index is -0.0371. The first-order chi connectivity index (χ1) is 10.7. The molecule has 2 aromatic carbocycles. The zero-order chi connectivity index (χ0) is 15.4. The van der Waals surface area contributed by atoms with E-state index in [9.17, 15) is 4.79 Å². The molecule has 1 aliphatic rings.